The highest BCUT2D eigenvalue weighted by atomic mass is 35.5. The Balaban J connectivity index is 2.06. The fourth-order valence-electron chi connectivity index (χ4n) is 1.50. The number of benzene rings is 2. The second-order valence-corrected chi connectivity index (χ2v) is 4.48. The normalized spacial score (nSPS) is 10.2. The minimum absolute atomic E-state index is 0.338. The van der Waals surface area contributed by atoms with Gasteiger partial charge in [0, 0.05) is 15.6 Å². The second kappa shape index (κ2) is 5.98. The van der Waals surface area contributed by atoms with E-state index in [1.165, 1.54) is 0 Å². The summed E-state index contributed by atoms with van der Waals surface area (Å²) in [7, 11) is 1.62. The SMILES string of the molecule is COc1ccc(OCc2c(Cl)cccc2Cl)cc1. The summed E-state index contributed by atoms with van der Waals surface area (Å²) >= 11 is 12.1. The minimum atomic E-state index is 0.338. The summed E-state index contributed by atoms with van der Waals surface area (Å²) in [6.07, 6.45) is 0. The number of hydrogen-bond acceptors (Lipinski definition) is 2. The van der Waals surface area contributed by atoms with E-state index in [4.69, 9.17) is 32.7 Å². The van der Waals surface area contributed by atoms with Crippen molar-refractivity contribution in [3.8, 4) is 11.5 Å². The molecule has 0 amide bonds. The molecular formula is C14H12Cl2O2. The number of halogens is 2. The van der Waals surface area contributed by atoms with Crippen LogP contribution in [0, 0.1) is 0 Å². The molecule has 0 heterocycles. The molecule has 0 radical (unpaired) electrons. The van der Waals surface area contributed by atoms with Crippen molar-refractivity contribution in [1.29, 1.82) is 0 Å². The maximum absolute atomic E-state index is 6.06. The lowest BCUT2D eigenvalue weighted by atomic mass is 10.2. The van der Waals surface area contributed by atoms with E-state index in [0.29, 0.717) is 16.7 Å². The van der Waals surface area contributed by atoms with Crippen LogP contribution in [0.4, 0.5) is 0 Å². The smallest absolute Gasteiger partial charge is 0.120 e. The van der Waals surface area contributed by atoms with Crippen LogP contribution in [0.1, 0.15) is 5.56 Å². The Hall–Kier alpha value is -1.38. The van der Waals surface area contributed by atoms with Gasteiger partial charge >= 0.3 is 0 Å². The third-order valence-electron chi connectivity index (χ3n) is 2.50. The van der Waals surface area contributed by atoms with Crippen LogP contribution in [0.25, 0.3) is 0 Å². The highest BCUT2D eigenvalue weighted by molar-refractivity contribution is 6.35. The molecule has 0 aromatic heterocycles. The van der Waals surface area contributed by atoms with Crippen LogP contribution >= 0.6 is 23.2 Å². The molecule has 94 valence electrons. The predicted octanol–water partition coefficient (Wildman–Crippen LogP) is 4.58. The van der Waals surface area contributed by atoms with Gasteiger partial charge in [0.1, 0.15) is 18.1 Å². The third-order valence-corrected chi connectivity index (χ3v) is 3.21. The van der Waals surface area contributed by atoms with Gasteiger partial charge in [0.25, 0.3) is 0 Å². The fraction of sp³-hybridized carbons (Fsp3) is 0.143. The summed E-state index contributed by atoms with van der Waals surface area (Å²) in [4.78, 5) is 0. The zero-order valence-corrected chi connectivity index (χ0v) is 11.3. The molecular weight excluding hydrogens is 271 g/mol. The Kier molecular flexibility index (Phi) is 4.34. The second-order valence-electron chi connectivity index (χ2n) is 3.66. The Morgan fingerprint density at radius 2 is 1.44 bits per heavy atom. The Morgan fingerprint density at radius 3 is 2.00 bits per heavy atom. The van der Waals surface area contributed by atoms with Crippen molar-refractivity contribution >= 4 is 23.2 Å². The lowest BCUT2D eigenvalue weighted by Crippen LogP contribution is -1.97. The summed E-state index contributed by atoms with van der Waals surface area (Å²) in [5.74, 6) is 1.53. The molecule has 2 nitrogen and oxygen atoms in total. The van der Waals surface area contributed by atoms with Crippen molar-refractivity contribution in [2.45, 2.75) is 6.61 Å². The van der Waals surface area contributed by atoms with Crippen molar-refractivity contribution in [3.63, 3.8) is 0 Å². The molecule has 0 saturated heterocycles. The molecule has 0 aliphatic carbocycles. The average molecular weight is 283 g/mol. The molecule has 0 saturated carbocycles. The van der Waals surface area contributed by atoms with Crippen LogP contribution < -0.4 is 9.47 Å². The molecule has 4 heteroatoms. The lowest BCUT2D eigenvalue weighted by molar-refractivity contribution is 0.305. The van der Waals surface area contributed by atoms with E-state index < -0.39 is 0 Å². The molecule has 2 aromatic carbocycles. The summed E-state index contributed by atoms with van der Waals surface area (Å²) in [5.41, 5.74) is 0.789. The van der Waals surface area contributed by atoms with Crippen molar-refractivity contribution in [2.24, 2.45) is 0 Å². The van der Waals surface area contributed by atoms with Crippen molar-refractivity contribution in [2.75, 3.05) is 7.11 Å². The van der Waals surface area contributed by atoms with Gasteiger partial charge in [-0.1, -0.05) is 29.3 Å². The van der Waals surface area contributed by atoms with Crippen LogP contribution in [-0.2, 0) is 6.61 Å². The molecule has 0 atom stereocenters. The molecule has 18 heavy (non-hydrogen) atoms. The van der Waals surface area contributed by atoms with E-state index >= 15 is 0 Å². The van der Waals surface area contributed by atoms with Crippen LogP contribution in [0.3, 0.4) is 0 Å². The van der Waals surface area contributed by atoms with E-state index in [0.717, 1.165) is 17.1 Å². The maximum atomic E-state index is 6.06. The van der Waals surface area contributed by atoms with E-state index in [-0.39, 0.29) is 0 Å². The number of ether oxygens (including phenoxy) is 2. The summed E-state index contributed by atoms with van der Waals surface area (Å²) in [6.45, 7) is 0.338. The standard InChI is InChI=1S/C14H12Cl2O2/c1-17-10-5-7-11(8-6-10)18-9-12-13(15)3-2-4-14(12)16/h2-8H,9H2,1H3. The summed E-state index contributed by atoms with van der Waals surface area (Å²) in [6, 6.07) is 12.7. The average Bonchev–Trinajstić information content (AvgIpc) is 2.39. The van der Waals surface area contributed by atoms with Gasteiger partial charge in [-0.15, -0.1) is 0 Å². The van der Waals surface area contributed by atoms with Crippen LogP contribution in [0.5, 0.6) is 11.5 Å². The summed E-state index contributed by atoms with van der Waals surface area (Å²) < 4.78 is 10.7. The predicted molar refractivity (Wildman–Crippen MR) is 73.8 cm³/mol. The Morgan fingerprint density at radius 1 is 0.889 bits per heavy atom. The first kappa shape index (κ1) is 13.1. The van der Waals surface area contributed by atoms with Gasteiger partial charge in [-0.25, -0.2) is 0 Å². The van der Waals surface area contributed by atoms with Crippen LogP contribution in [0.15, 0.2) is 42.5 Å². The number of hydrogen-bond donors (Lipinski definition) is 0. The molecule has 0 aliphatic rings. The van der Waals surface area contributed by atoms with Crippen LogP contribution in [0.2, 0.25) is 10.0 Å². The van der Waals surface area contributed by atoms with Gasteiger partial charge in [-0.05, 0) is 36.4 Å². The Labute approximate surface area is 116 Å². The minimum Gasteiger partial charge on any atom is -0.497 e. The molecule has 2 aromatic rings. The topological polar surface area (TPSA) is 18.5 Å². The highest BCUT2D eigenvalue weighted by Crippen LogP contribution is 2.26. The largest absolute Gasteiger partial charge is 0.497 e. The number of methoxy groups -OCH3 is 1. The van der Waals surface area contributed by atoms with Gasteiger partial charge in [0.2, 0.25) is 0 Å². The van der Waals surface area contributed by atoms with Gasteiger partial charge in [-0.2, -0.15) is 0 Å². The molecule has 0 fully saturated rings. The van der Waals surface area contributed by atoms with E-state index in [1.54, 1.807) is 19.2 Å². The molecule has 0 aliphatic heterocycles. The zero-order chi connectivity index (χ0) is 13.0. The van der Waals surface area contributed by atoms with E-state index in [9.17, 15) is 0 Å². The fourth-order valence-corrected chi connectivity index (χ4v) is 2.00. The molecule has 0 spiro atoms. The summed E-state index contributed by atoms with van der Waals surface area (Å²) in [5, 5.41) is 1.21. The third kappa shape index (κ3) is 3.09. The first-order chi connectivity index (χ1) is 8.70. The quantitative estimate of drug-likeness (QED) is 0.817. The molecule has 2 rings (SSSR count). The van der Waals surface area contributed by atoms with Gasteiger partial charge in [0.15, 0.2) is 0 Å². The molecule has 0 N–H and O–H groups in total. The highest BCUT2D eigenvalue weighted by Gasteiger charge is 2.06. The van der Waals surface area contributed by atoms with Gasteiger partial charge in [-0.3, -0.25) is 0 Å². The maximum Gasteiger partial charge on any atom is 0.120 e. The molecule has 0 unspecified atom stereocenters. The van der Waals surface area contributed by atoms with Gasteiger partial charge < -0.3 is 9.47 Å². The van der Waals surface area contributed by atoms with Crippen LogP contribution in [-0.4, -0.2) is 7.11 Å². The monoisotopic (exact) mass is 282 g/mol. The number of rotatable bonds is 4. The lowest BCUT2D eigenvalue weighted by Gasteiger charge is -2.09. The first-order valence-electron chi connectivity index (χ1n) is 5.40. The molecule has 0 bridgehead atoms. The van der Waals surface area contributed by atoms with E-state index in [2.05, 4.69) is 0 Å². The van der Waals surface area contributed by atoms with E-state index in [1.807, 2.05) is 30.3 Å². The zero-order valence-electron chi connectivity index (χ0n) is 9.82. The Bertz CT molecular complexity index is 504. The van der Waals surface area contributed by atoms with Crippen molar-refractivity contribution < 1.29 is 9.47 Å². The van der Waals surface area contributed by atoms with Gasteiger partial charge in [0.05, 0.1) is 7.11 Å². The van der Waals surface area contributed by atoms with Crippen molar-refractivity contribution in [1.82, 2.24) is 0 Å². The first-order valence-corrected chi connectivity index (χ1v) is 6.16. The van der Waals surface area contributed by atoms with Crippen molar-refractivity contribution in [3.05, 3.63) is 58.1 Å².